The Labute approximate surface area is 149 Å². The molecule has 3 heterocycles. The molecule has 126 valence electrons. The molecule has 0 spiro atoms. The highest BCUT2D eigenvalue weighted by Gasteiger charge is 2.32. The number of nitrogens with zero attached hydrogens (tertiary/aromatic N) is 3. The van der Waals surface area contributed by atoms with Crippen LogP contribution in [0.15, 0.2) is 59.4 Å². The van der Waals surface area contributed by atoms with Crippen LogP contribution in [0.4, 0.5) is 11.4 Å². The number of para-hydroxylation sites is 2. The first-order valence-electron chi connectivity index (χ1n) is 9.30. The van der Waals surface area contributed by atoms with E-state index in [2.05, 4.69) is 65.3 Å². The van der Waals surface area contributed by atoms with Crippen LogP contribution in [0.3, 0.4) is 0 Å². The zero-order valence-corrected chi connectivity index (χ0v) is 14.7. The summed E-state index contributed by atoms with van der Waals surface area (Å²) in [6, 6.07) is 15.5. The number of fused-ring (bicyclic) bond motifs is 2. The highest BCUT2D eigenvalue weighted by Crippen LogP contribution is 2.44. The summed E-state index contributed by atoms with van der Waals surface area (Å²) in [5.74, 6) is 2.56. The molecule has 0 fully saturated rings. The normalized spacial score (nSPS) is 18.8. The highest BCUT2D eigenvalue weighted by atomic mass is 15.4. The topological polar surface area (TPSA) is 18.8 Å². The van der Waals surface area contributed by atoms with Crippen molar-refractivity contribution < 1.29 is 0 Å². The van der Waals surface area contributed by atoms with Crippen molar-refractivity contribution in [3.8, 4) is 0 Å². The van der Waals surface area contributed by atoms with Crippen LogP contribution in [-0.4, -0.2) is 23.8 Å². The van der Waals surface area contributed by atoms with Gasteiger partial charge in [-0.1, -0.05) is 36.4 Å². The molecule has 2 aromatic rings. The van der Waals surface area contributed by atoms with E-state index in [-0.39, 0.29) is 0 Å². The molecule has 0 radical (unpaired) electrons. The maximum atomic E-state index is 4.77. The molecular formula is C22H23N3. The van der Waals surface area contributed by atoms with Gasteiger partial charge in [0.1, 0.15) is 11.7 Å². The zero-order valence-electron chi connectivity index (χ0n) is 14.7. The van der Waals surface area contributed by atoms with Gasteiger partial charge < -0.3 is 4.90 Å². The number of benzene rings is 2. The first-order chi connectivity index (χ1) is 12.3. The van der Waals surface area contributed by atoms with Crippen LogP contribution in [0.25, 0.3) is 0 Å². The Morgan fingerprint density at radius 1 is 1.00 bits per heavy atom. The number of anilines is 2. The van der Waals surface area contributed by atoms with E-state index in [1.807, 2.05) is 0 Å². The van der Waals surface area contributed by atoms with Crippen molar-refractivity contribution in [3.05, 3.63) is 71.1 Å². The van der Waals surface area contributed by atoms with Crippen LogP contribution in [0.1, 0.15) is 36.0 Å². The van der Waals surface area contributed by atoms with E-state index in [1.54, 1.807) is 0 Å². The van der Waals surface area contributed by atoms with Crippen molar-refractivity contribution in [2.24, 2.45) is 4.99 Å². The monoisotopic (exact) mass is 329 g/mol. The van der Waals surface area contributed by atoms with Gasteiger partial charge in [-0.3, -0.25) is 9.89 Å². The number of hydrogen-bond donors (Lipinski definition) is 0. The minimum Gasteiger partial charge on any atom is -0.316 e. The molecule has 3 nitrogen and oxygen atoms in total. The Kier molecular flexibility index (Phi) is 3.40. The zero-order chi connectivity index (χ0) is 16.8. The second-order valence-corrected chi connectivity index (χ2v) is 7.13. The Bertz CT molecular complexity index is 894. The Morgan fingerprint density at radius 2 is 1.88 bits per heavy atom. The lowest BCUT2D eigenvalue weighted by Gasteiger charge is -2.38. The molecule has 0 saturated carbocycles. The van der Waals surface area contributed by atoms with Gasteiger partial charge in [0.05, 0.1) is 11.4 Å². The van der Waals surface area contributed by atoms with Crippen molar-refractivity contribution in [3.63, 3.8) is 0 Å². The molecule has 25 heavy (non-hydrogen) atoms. The molecule has 3 aliphatic rings. The van der Waals surface area contributed by atoms with Gasteiger partial charge in [0.15, 0.2) is 0 Å². The van der Waals surface area contributed by atoms with Crippen LogP contribution in [0.2, 0.25) is 0 Å². The second-order valence-electron chi connectivity index (χ2n) is 7.13. The van der Waals surface area contributed by atoms with Crippen molar-refractivity contribution in [2.45, 2.75) is 32.6 Å². The van der Waals surface area contributed by atoms with E-state index in [9.17, 15) is 0 Å². The number of aryl methyl sites for hydroxylation is 1. The second kappa shape index (κ2) is 5.76. The van der Waals surface area contributed by atoms with Crippen molar-refractivity contribution in [2.75, 3.05) is 18.0 Å². The Morgan fingerprint density at radius 3 is 2.76 bits per heavy atom. The molecule has 5 rings (SSSR count). The fourth-order valence-corrected chi connectivity index (χ4v) is 4.39. The van der Waals surface area contributed by atoms with Crippen LogP contribution in [0.5, 0.6) is 0 Å². The molecule has 0 N–H and O–H groups in total. The maximum Gasteiger partial charge on any atom is 0.114 e. The quantitative estimate of drug-likeness (QED) is 0.750. The Balaban J connectivity index is 1.68. The van der Waals surface area contributed by atoms with E-state index in [0.717, 1.165) is 32.4 Å². The molecule has 3 aliphatic heterocycles. The first kappa shape index (κ1) is 14.8. The molecule has 0 saturated heterocycles. The van der Waals surface area contributed by atoms with E-state index in [4.69, 9.17) is 4.99 Å². The van der Waals surface area contributed by atoms with Gasteiger partial charge in [0.25, 0.3) is 0 Å². The smallest absolute Gasteiger partial charge is 0.114 e. The lowest BCUT2D eigenvalue weighted by molar-refractivity contribution is 0.541. The standard InChI is InChI=1S/C22H23N3/c1-16-7-4-9-18-15-17-8-2-3-10-19(17)25(22(16)18)21-12-6-14-24(21)20-11-5-13-23-20/h2-4,7-10,12H,5-6,11,13-15H2,1H3. The third kappa shape index (κ3) is 2.30. The van der Waals surface area contributed by atoms with Crippen LogP contribution in [-0.2, 0) is 6.42 Å². The average Bonchev–Trinajstić information content (AvgIpc) is 3.31. The van der Waals surface area contributed by atoms with Gasteiger partial charge in [-0.2, -0.15) is 0 Å². The maximum absolute atomic E-state index is 4.77. The molecule has 0 atom stereocenters. The lowest BCUT2D eigenvalue weighted by atomic mass is 9.93. The van der Waals surface area contributed by atoms with Crippen LogP contribution in [0, 0.1) is 6.92 Å². The summed E-state index contributed by atoms with van der Waals surface area (Å²) in [6.07, 6.45) is 6.78. The van der Waals surface area contributed by atoms with E-state index < -0.39 is 0 Å². The van der Waals surface area contributed by atoms with Crippen molar-refractivity contribution in [1.29, 1.82) is 0 Å². The summed E-state index contributed by atoms with van der Waals surface area (Å²) in [5, 5.41) is 0. The summed E-state index contributed by atoms with van der Waals surface area (Å²) in [5.41, 5.74) is 6.84. The van der Waals surface area contributed by atoms with Gasteiger partial charge in [-0.15, -0.1) is 0 Å². The van der Waals surface area contributed by atoms with Gasteiger partial charge in [-0.05, 0) is 48.6 Å². The van der Waals surface area contributed by atoms with Crippen LogP contribution < -0.4 is 4.90 Å². The van der Waals surface area contributed by atoms with Gasteiger partial charge in [-0.25, -0.2) is 0 Å². The predicted octanol–water partition coefficient (Wildman–Crippen LogP) is 4.78. The fraction of sp³-hybridized carbons (Fsp3) is 0.318. The summed E-state index contributed by atoms with van der Waals surface area (Å²) in [4.78, 5) is 9.71. The summed E-state index contributed by atoms with van der Waals surface area (Å²) < 4.78 is 0. The number of aliphatic imine (C=N–C) groups is 1. The van der Waals surface area contributed by atoms with E-state index >= 15 is 0 Å². The fourth-order valence-electron chi connectivity index (χ4n) is 4.39. The van der Waals surface area contributed by atoms with Crippen molar-refractivity contribution >= 4 is 17.2 Å². The third-order valence-electron chi connectivity index (χ3n) is 5.51. The molecule has 2 aromatic carbocycles. The average molecular weight is 329 g/mol. The van der Waals surface area contributed by atoms with Gasteiger partial charge in [0, 0.05) is 25.9 Å². The lowest BCUT2D eigenvalue weighted by Crippen LogP contribution is -2.36. The highest BCUT2D eigenvalue weighted by molar-refractivity contribution is 5.89. The minimum atomic E-state index is 0.977. The predicted molar refractivity (Wildman–Crippen MR) is 104 cm³/mol. The number of amidine groups is 1. The largest absolute Gasteiger partial charge is 0.316 e. The minimum absolute atomic E-state index is 0.977. The third-order valence-corrected chi connectivity index (χ3v) is 5.51. The first-order valence-corrected chi connectivity index (χ1v) is 9.30. The Hall–Kier alpha value is -2.55. The van der Waals surface area contributed by atoms with Gasteiger partial charge in [0.2, 0.25) is 0 Å². The van der Waals surface area contributed by atoms with E-state index in [1.165, 1.54) is 46.1 Å². The molecular weight excluding hydrogens is 306 g/mol. The molecule has 0 aromatic heterocycles. The molecule has 0 bridgehead atoms. The number of hydrogen-bond acceptors (Lipinski definition) is 3. The molecule has 0 unspecified atom stereocenters. The van der Waals surface area contributed by atoms with Gasteiger partial charge >= 0.3 is 0 Å². The summed E-state index contributed by atoms with van der Waals surface area (Å²) in [6.45, 7) is 4.26. The summed E-state index contributed by atoms with van der Waals surface area (Å²) in [7, 11) is 0. The molecule has 3 heteroatoms. The molecule has 0 aliphatic carbocycles. The SMILES string of the molecule is Cc1cccc2c1N(C1=CCCN1C1=NCCC1)c1ccccc1C2. The molecule has 0 amide bonds. The number of rotatable bonds is 1. The van der Waals surface area contributed by atoms with Crippen molar-refractivity contribution in [1.82, 2.24) is 4.90 Å². The summed E-state index contributed by atoms with van der Waals surface area (Å²) >= 11 is 0. The van der Waals surface area contributed by atoms with E-state index in [0.29, 0.717) is 0 Å². The van der Waals surface area contributed by atoms with Crippen LogP contribution >= 0.6 is 0 Å².